The highest BCUT2D eigenvalue weighted by molar-refractivity contribution is 8.00. The summed E-state index contributed by atoms with van der Waals surface area (Å²) in [5, 5.41) is 1.76. The standard InChI is InChI=1S/C12H14N2S/c1-8(2)15-12-5-6-14-11-7-9(13)3-4-10(11)12/h3-8H,13H2,1-2H3. The van der Waals surface area contributed by atoms with Crippen molar-refractivity contribution in [3.05, 3.63) is 30.5 Å². The molecular weight excluding hydrogens is 204 g/mol. The van der Waals surface area contributed by atoms with Gasteiger partial charge in [-0.1, -0.05) is 13.8 Å². The number of anilines is 1. The Morgan fingerprint density at radius 2 is 2.07 bits per heavy atom. The van der Waals surface area contributed by atoms with Gasteiger partial charge in [-0.3, -0.25) is 4.98 Å². The third kappa shape index (κ3) is 2.23. The molecule has 78 valence electrons. The number of fused-ring (bicyclic) bond motifs is 1. The number of rotatable bonds is 2. The third-order valence-corrected chi connectivity index (χ3v) is 3.17. The fourth-order valence-corrected chi connectivity index (χ4v) is 2.44. The lowest BCUT2D eigenvalue weighted by Crippen LogP contribution is -1.90. The molecule has 0 unspecified atom stereocenters. The first-order valence-corrected chi connectivity index (χ1v) is 5.85. The zero-order valence-corrected chi connectivity index (χ0v) is 9.71. The Morgan fingerprint density at radius 3 is 2.80 bits per heavy atom. The first kappa shape index (κ1) is 10.3. The lowest BCUT2D eigenvalue weighted by Gasteiger charge is -2.08. The predicted molar refractivity (Wildman–Crippen MR) is 67.1 cm³/mol. The van der Waals surface area contributed by atoms with Crippen LogP contribution >= 0.6 is 11.8 Å². The van der Waals surface area contributed by atoms with E-state index in [-0.39, 0.29) is 0 Å². The van der Waals surface area contributed by atoms with Crippen molar-refractivity contribution in [2.24, 2.45) is 0 Å². The number of nitrogen functional groups attached to an aromatic ring is 1. The van der Waals surface area contributed by atoms with Gasteiger partial charge in [-0.05, 0) is 24.3 Å². The molecule has 2 nitrogen and oxygen atoms in total. The summed E-state index contributed by atoms with van der Waals surface area (Å²) in [6, 6.07) is 7.94. The summed E-state index contributed by atoms with van der Waals surface area (Å²) in [6.45, 7) is 4.38. The molecule has 1 aromatic heterocycles. The zero-order valence-electron chi connectivity index (χ0n) is 8.90. The molecule has 0 aliphatic carbocycles. The number of hydrogen-bond acceptors (Lipinski definition) is 3. The van der Waals surface area contributed by atoms with Crippen molar-refractivity contribution in [1.29, 1.82) is 0 Å². The largest absolute Gasteiger partial charge is 0.399 e. The number of benzene rings is 1. The molecule has 15 heavy (non-hydrogen) atoms. The quantitative estimate of drug-likeness (QED) is 0.621. The van der Waals surface area contributed by atoms with Crippen molar-refractivity contribution >= 4 is 28.4 Å². The number of thioether (sulfide) groups is 1. The smallest absolute Gasteiger partial charge is 0.0733 e. The molecule has 0 atom stereocenters. The summed E-state index contributed by atoms with van der Waals surface area (Å²) in [6.07, 6.45) is 1.84. The second-order valence-electron chi connectivity index (χ2n) is 3.75. The SMILES string of the molecule is CC(C)Sc1ccnc2cc(N)ccc12. The highest BCUT2D eigenvalue weighted by Crippen LogP contribution is 2.30. The van der Waals surface area contributed by atoms with Gasteiger partial charge in [-0.25, -0.2) is 0 Å². The van der Waals surface area contributed by atoms with E-state index in [1.165, 1.54) is 10.3 Å². The number of nitrogens with two attached hydrogens (primary N) is 1. The third-order valence-electron chi connectivity index (χ3n) is 2.09. The van der Waals surface area contributed by atoms with Crippen LogP contribution in [0.25, 0.3) is 10.9 Å². The summed E-state index contributed by atoms with van der Waals surface area (Å²) >= 11 is 1.85. The van der Waals surface area contributed by atoms with Gasteiger partial charge in [0.1, 0.15) is 0 Å². The van der Waals surface area contributed by atoms with E-state index < -0.39 is 0 Å². The Balaban J connectivity index is 2.56. The number of pyridine rings is 1. The Bertz CT molecular complexity index is 480. The Labute approximate surface area is 93.9 Å². The Hall–Kier alpha value is -1.22. The first-order valence-electron chi connectivity index (χ1n) is 4.98. The molecule has 0 fully saturated rings. The zero-order chi connectivity index (χ0) is 10.8. The summed E-state index contributed by atoms with van der Waals surface area (Å²) in [4.78, 5) is 5.59. The highest BCUT2D eigenvalue weighted by Gasteiger charge is 2.04. The second kappa shape index (κ2) is 4.11. The van der Waals surface area contributed by atoms with Crippen molar-refractivity contribution in [3.63, 3.8) is 0 Å². The van der Waals surface area contributed by atoms with Crippen LogP contribution in [0.3, 0.4) is 0 Å². The molecule has 0 aliphatic rings. The van der Waals surface area contributed by atoms with Gasteiger partial charge in [0.25, 0.3) is 0 Å². The lowest BCUT2D eigenvalue weighted by atomic mass is 10.2. The first-order chi connectivity index (χ1) is 7.16. The summed E-state index contributed by atoms with van der Waals surface area (Å²) < 4.78 is 0. The maximum atomic E-state index is 5.73. The minimum Gasteiger partial charge on any atom is -0.399 e. The molecule has 0 amide bonds. The molecular formula is C12H14N2S. The van der Waals surface area contributed by atoms with Crippen molar-refractivity contribution in [1.82, 2.24) is 4.98 Å². The van der Waals surface area contributed by atoms with Gasteiger partial charge in [0.15, 0.2) is 0 Å². The monoisotopic (exact) mass is 218 g/mol. The number of hydrogen-bond donors (Lipinski definition) is 1. The molecule has 1 aromatic carbocycles. The molecule has 0 saturated carbocycles. The summed E-state index contributed by atoms with van der Waals surface area (Å²) in [5.74, 6) is 0. The highest BCUT2D eigenvalue weighted by atomic mass is 32.2. The molecule has 0 saturated heterocycles. The molecule has 2 aromatic rings. The van der Waals surface area contributed by atoms with E-state index in [9.17, 15) is 0 Å². The van der Waals surface area contributed by atoms with Crippen molar-refractivity contribution < 1.29 is 0 Å². The molecule has 2 rings (SSSR count). The Morgan fingerprint density at radius 1 is 1.27 bits per heavy atom. The van der Waals surface area contributed by atoms with E-state index in [1.807, 2.05) is 36.2 Å². The van der Waals surface area contributed by atoms with Crippen LogP contribution in [0.4, 0.5) is 5.69 Å². The fraction of sp³-hybridized carbons (Fsp3) is 0.250. The van der Waals surface area contributed by atoms with Crippen LogP contribution < -0.4 is 5.73 Å². The molecule has 3 heteroatoms. The van der Waals surface area contributed by atoms with Crippen LogP contribution in [0.5, 0.6) is 0 Å². The van der Waals surface area contributed by atoms with E-state index in [4.69, 9.17) is 5.73 Å². The van der Waals surface area contributed by atoms with E-state index >= 15 is 0 Å². The van der Waals surface area contributed by atoms with Crippen LogP contribution in [0, 0.1) is 0 Å². The normalized spacial score (nSPS) is 11.1. The van der Waals surface area contributed by atoms with Gasteiger partial charge in [0.05, 0.1) is 5.52 Å². The minimum absolute atomic E-state index is 0.577. The maximum Gasteiger partial charge on any atom is 0.0733 e. The molecule has 0 aliphatic heterocycles. The summed E-state index contributed by atoms with van der Waals surface area (Å²) in [7, 11) is 0. The van der Waals surface area contributed by atoms with Crippen LogP contribution in [-0.4, -0.2) is 10.2 Å². The summed E-state index contributed by atoms with van der Waals surface area (Å²) in [5.41, 5.74) is 7.47. The van der Waals surface area contributed by atoms with Crippen LogP contribution in [-0.2, 0) is 0 Å². The lowest BCUT2D eigenvalue weighted by molar-refractivity contribution is 1.11. The topological polar surface area (TPSA) is 38.9 Å². The molecule has 2 N–H and O–H groups in total. The van der Waals surface area contributed by atoms with Gasteiger partial charge >= 0.3 is 0 Å². The van der Waals surface area contributed by atoms with Gasteiger partial charge in [-0.15, -0.1) is 11.8 Å². The van der Waals surface area contributed by atoms with Crippen molar-refractivity contribution in [2.45, 2.75) is 24.0 Å². The van der Waals surface area contributed by atoms with Crippen LogP contribution in [0.1, 0.15) is 13.8 Å². The minimum atomic E-state index is 0.577. The van der Waals surface area contributed by atoms with E-state index in [1.54, 1.807) is 0 Å². The van der Waals surface area contributed by atoms with Gasteiger partial charge in [-0.2, -0.15) is 0 Å². The van der Waals surface area contributed by atoms with Crippen LogP contribution in [0.15, 0.2) is 35.4 Å². The molecule has 1 heterocycles. The van der Waals surface area contributed by atoms with Crippen molar-refractivity contribution in [2.75, 3.05) is 5.73 Å². The molecule has 0 bridgehead atoms. The second-order valence-corrected chi connectivity index (χ2v) is 5.37. The van der Waals surface area contributed by atoms with E-state index in [2.05, 4.69) is 24.9 Å². The number of nitrogens with zero attached hydrogens (tertiary/aromatic N) is 1. The fourth-order valence-electron chi connectivity index (χ4n) is 1.50. The van der Waals surface area contributed by atoms with Gasteiger partial charge in [0.2, 0.25) is 0 Å². The maximum absolute atomic E-state index is 5.73. The predicted octanol–water partition coefficient (Wildman–Crippen LogP) is 3.32. The van der Waals surface area contributed by atoms with E-state index in [0.717, 1.165) is 11.2 Å². The Kier molecular flexibility index (Phi) is 2.82. The molecule has 0 spiro atoms. The van der Waals surface area contributed by atoms with Gasteiger partial charge < -0.3 is 5.73 Å². The van der Waals surface area contributed by atoms with E-state index in [0.29, 0.717) is 5.25 Å². The average molecular weight is 218 g/mol. The van der Waals surface area contributed by atoms with Crippen LogP contribution in [0.2, 0.25) is 0 Å². The van der Waals surface area contributed by atoms with Gasteiger partial charge in [0, 0.05) is 27.4 Å². The number of aromatic nitrogens is 1. The molecule has 0 radical (unpaired) electrons. The van der Waals surface area contributed by atoms with Crippen molar-refractivity contribution in [3.8, 4) is 0 Å². The average Bonchev–Trinajstić information content (AvgIpc) is 2.16.